The number of ether oxygens (including phenoxy) is 2. The van der Waals surface area contributed by atoms with Gasteiger partial charge in [-0.05, 0) is 6.42 Å². The van der Waals surface area contributed by atoms with E-state index < -0.39 is 5.97 Å². The fourth-order valence-electron chi connectivity index (χ4n) is 0.405. The van der Waals surface area contributed by atoms with Gasteiger partial charge < -0.3 is 9.47 Å². The molecule has 0 saturated heterocycles. The Morgan fingerprint density at radius 3 is 2.91 bits per heavy atom. The second-order valence-corrected chi connectivity index (χ2v) is 1.96. The highest BCUT2D eigenvalue weighted by Gasteiger charge is 1.94. The van der Waals surface area contributed by atoms with Crippen LogP contribution >= 0.6 is 0 Å². The van der Waals surface area contributed by atoms with E-state index in [1.807, 2.05) is 0 Å². The quantitative estimate of drug-likeness (QED) is 0.334. The fourth-order valence-corrected chi connectivity index (χ4v) is 0.405. The molecule has 0 spiro atoms. The number of hydrogen-bond donors (Lipinski definition) is 0. The van der Waals surface area contributed by atoms with E-state index in [1.54, 1.807) is 0 Å². The molecule has 0 aromatic rings. The Hall–Kier alpha value is -0.830. The Kier molecular flexibility index (Phi) is 6.73. The maximum atomic E-state index is 10.4. The largest absolute Gasteiger partial charge is 0.426 e. The maximum Gasteiger partial charge on any atom is 0.332 e. The summed E-state index contributed by atoms with van der Waals surface area (Å²) < 4.78 is 9.26. The summed E-state index contributed by atoms with van der Waals surface area (Å²) in [5.41, 5.74) is 0. The average molecular weight is 157 g/mol. The summed E-state index contributed by atoms with van der Waals surface area (Å²) in [5, 5.41) is 0. The highest BCUT2D eigenvalue weighted by molar-refractivity contribution is 5.81. The number of carbonyl (C=O) groups excluding carboxylic acids is 1. The second-order valence-electron chi connectivity index (χ2n) is 1.96. The van der Waals surface area contributed by atoms with Crippen molar-refractivity contribution in [1.29, 1.82) is 0 Å². The monoisotopic (exact) mass is 157 g/mol. The summed E-state index contributed by atoms with van der Waals surface area (Å²) in [6.45, 7) is 6.91. The van der Waals surface area contributed by atoms with E-state index in [1.165, 1.54) is 0 Å². The zero-order valence-corrected chi connectivity index (χ0v) is 6.71. The SMILES string of the molecule is C=CC(=O)O[CH]OCCCC. The van der Waals surface area contributed by atoms with Gasteiger partial charge in [0.15, 0.2) is 0 Å². The Balaban J connectivity index is 3.01. The van der Waals surface area contributed by atoms with E-state index in [4.69, 9.17) is 4.74 Å². The molecule has 11 heavy (non-hydrogen) atoms. The highest BCUT2D eigenvalue weighted by Crippen LogP contribution is 1.92. The normalized spacial score (nSPS) is 9.18. The van der Waals surface area contributed by atoms with Crippen molar-refractivity contribution in [2.24, 2.45) is 0 Å². The molecule has 0 unspecified atom stereocenters. The lowest BCUT2D eigenvalue weighted by atomic mass is 10.4. The third-order valence-electron chi connectivity index (χ3n) is 1.01. The molecule has 0 amide bonds. The highest BCUT2D eigenvalue weighted by atomic mass is 16.7. The van der Waals surface area contributed by atoms with Crippen molar-refractivity contribution in [3.8, 4) is 0 Å². The molecule has 0 aliphatic heterocycles. The Morgan fingerprint density at radius 2 is 2.36 bits per heavy atom. The summed E-state index contributed by atoms with van der Waals surface area (Å²) in [6, 6.07) is 0. The van der Waals surface area contributed by atoms with Gasteiger partial charge in [-0.2, -0.15) is 0 Å². The lowest BCUT2D eigenvalue weighted by molar-refractivity contribution is -0.140. The number of carbonyl (C=O) groups is 1. The molecule has 3 nitrogen and oxygen atoms in total. The predicted octanol–water partition coefficient (Wildman–Crippen LogP) is 1.65. The van der Waals surface area contributed by atoms with E-state index in [2.05, 4.69) is 18.2 Å². The Morgan fingerprint density at radius 1 is 1.64 bits per heavy atom. The first kappa shape index (κ1) is 10.2. The van der Waals surface area contributed by atoms with E-state index >= 15 is 0 Å². The number of unbranched alkanes of at least 4 members (excludes halogenated alkanes) is 1. The van der Waals surface area contributed by atoms with Crippen LogP contribution in [0.1, 0.15) is 19.8 Å². The van der Waals surface area contributed by atoms with Gasteiger partial charge in [0.1, 0.15) is 0 Å². The van der Waals surface area contributed by atoms with Gasteiger partial charge in [-0.3, -0.25) is 0 Å². The zero-order chi connectivity index (χ0) is 8.53. The molecule has 63 valence electrons. The molecule has 0 rings (SSSR count). The molecule has 3 heteroatoms. The molecule has 0 heterocycles. The van der Waals surface area contributed by atoms with Gasteiger partial charge >= 0.3 is 5.97 Å². The second kappa shape index (κ2) is 7.28. The van der Waals surface area contributed by atoms with Gasteiger partial charge in [-0.15, -0.1) is 0 Å². The maximum absolute atomic E-state index is 10.4. The Bertz CT molecular complexity index is 121. The van der Waals surface area contributed by atoms with Gasteiger partial charge in [0.2, 0.25) is 0 Å². The molecule has 0 aliphatic carbocycles. The van der Waals surface area contributed by atoms with Crippen LogP contribution in [0.15, 0.2) is 12.7 Å². The van der Waals surface area contributed by atoms with Crippen LogP contribution in [0.2, 0.25) is 0 Å². The van der Waals surface area contributed by atoms with Crippen LogP contribution in [0.3, 0.4) is 0 Å². The topological polar surface area (TPSA) is 35.5 Å². The smallest absolute Gasteiger partial charge is 0.332 e. The number of esters is 1. The average Bonchev–Trinajstić information content (AvgIpc) is 2.04. The molecule has 0 aromatic carbocycles. The zero-order valence-electron chi connectivity index (χ0n) is 6.71. The number of hydrogen-bond acceptors (Lipinski definition) is 3. The Labute approximate surface area is 67.0 Å². The standard InChI is InChI=1S/C8H13O3/c1-3-5-6-10-7-11-8(9)4-2/h4,7H,2-3,5-6H2,1H3. The van der Waals surface area contributed by atoms with E-state index in [0.717, 1.165) is 25.7 Å². The van der Waals surface area contributed by atoms with Crippen LogP contribution in [0, 0.1) is 6.79 Å². The number of rotatable bonds is 6. The lowest BCUT2D eigenvalue weighted by Gasteiger charge is -2.00. The van der Waals surface area contributed by atoms with Gasteiger partial charge in [0, 0.05) is 6.08 Å². The summed E-state index contributed by atoms with van der Waals surface area (Å²) in [4.78, 5) is 10.4. The minimum Gasteiger partial charge on any atom is -0.426 e. The predicted molar refractivity (Wildman–Crippen MR) is 41.4 cm³/mol. The third kappa shape index (κ3) is 7.06. The van der Waals surface area contributed by atoms with Crippen molar-refractivity contribution in [2.75, 3.05) is 6.61 Å². The van der Waals surface area contributed by atoms with Gasteiger partial charge in [-0.1, -0.05) is 19.9 Å². The van der Waals surface area contributed by atoms with Crippen molar-refractivity contribution < 1.29 is 14.3 Å². The minimum absolute atomic E-state index is 0.499. The molecule has 0 saturated carbocycles. The molecule has 0 aromatic heterocycles. The first-order valence-corrected chi connectivity index (χ1v) is 3.57. The first-order valence-electron chi connectivity index (χ1n) is 3.57. The van der Waals surface area contributed by atoms with E-state index in [9.17, 15) is 4.79 Å². The molecular formula is C8H13O3. The first-order chi connectivity index (χ1) is 5.31. The fraction of sp³-hybridized carbons (Fsp3) is 0.500. The molecule has 0 fully saturated rings. The summed E-state index contributed by atoms with van der Waals surface area (Å²) in [5.74, 6) is -0.499. The summed E-state index contributed by atoms with van der Waals surface area (Å²) >= 11 is 0. The van der Waals surface area contributed by atoms with Gasteiger partial charge in [-0.25, -0.2) is 4.79 Å². The lowest BCUT2D eigenvalue weighted by Crippen LogP contribution is -2.00. The van der Waals surface area contributed by atoms with Crippen LogP contribution in [-0.2, 0) is 14.3 Å². The van der Waals surface area contributed by atoms with Crippen molar-refractivity contribution >= 4 is 5.97 Å². The van der Waals surface area contributed by atoms with Crippen LogP contribution < -0.4 is 0 Å². The molecule has 0 N–H and O–H groups in total. The molecule has 0 bridgehead atoms. The van der Waals surface area contributed by atoms with Crippen LogP contribution in [0.4, 0.5) is 0 Å². The minimum atomic E-state index is -0.499. The van der Waals surface area contributed by atoms with Crippen LogP contribution in [-0.4, -0.2) is 12.6 Å². The summed E-state index contributed by atoms with van der Waals surface area (Å²) in [7, 11) is 0. The van der Waals surface area contributed by atoms with Crippen LogP contribution in [0.5, 0.6) is 0 Å². The van der Waals surface area contributed by atoms with Gasteiger partial charge in [0.25, 0.3) is 6.79 Å². The van der Waals surface area contributed by atoms with Crippen molar-refractivity contribution in [3.05, 3.63) is 19.4 Å². The van der Waals surface area contributed by atoms with Gasteiger partial charge in [0.05, 0.1) is 6.61 Å². The van der Waals surface area contributed by atoms with E-state index in [-0.39, 0.29) is 0 Å². The van der Waals surface area contributed by atoms with E-state index in [0.29, 0.717) is 6.61 Å². The molecular weight excluding hydrogens is 144 g/mol. The van der Waals surface area contributed by atoms with Crippen LogP contribution in [0.25, 0.3) is 0 Å². The van der Waals surface area contributed by atoms with Crippen molar-refractivity contribution in [2.45, 2.75) is 19.8 Å². The molecule has 1 radical (unpaired) electrons. The van der Waals surface area contributed by atoms with Crippen molar-refractivity contribution in [3.63, 3.8) is 0 Å². The summed E-state index contributed by atoms with van der Waals surface area (Å²) in [6.07, 6.45) is 3.10. The molecule has 0 atom stereocenters. The third-order valence-corrected chi connectivity index (χ3v) is 1.01. The van der Waals surface area contributed by atoms with Crippen molar-refractivity contribution in [1.82, 2.24) is 0 Å². The molecule has 0 aliphatic rings.